The summed E-state index contributed by atoms with van der Waals surface area (Å²) in [7, 11) is 12.7. The van der Waals surface area contributed by atoms with Crippen molar-refractivity contribution in [1.82, 2.24) is 0 Å². The molecule has 0 N–H and O–H groups in total. The predicted octanol–water partition coefficient (Wildman–Crippen LogP) is 4.40. The summed E-state index contributed by atoms with van der Waals surface area (Å²) in [4.78, 5) is 8.97. The molecule has 0 spiro atoms. The molecule has 0 saturated carbocycles. The smallest absolute Gasteiger partial charge is 0.0482 e. The Morgan fingerprint density at radius 1 is 0.654 bits per heavy atom. The van der Waals surface area contributed by atoms with E-state index in [4.69, 9.17) is 0 Å². The van der Waals surface area contributed by atoms with Crippen LogP contribution in [0.3, 0.4) is 0 Å². The summed E-state index contributed by atoms with van der Waals surface area (Å²) in [6, 6.07) is 13.4. The Bertz CT molecular complexity index is 702. The van der Waals surface area contributed by atoms with Gasteiger partial charge in [0.25, 0.3) is 0 Å². The van der Waals surface area contributed by atoms with Gasteiger partial charge in [-0.25, -0.2) is 0 Å². The van der Waals surface area contributed by atoms with Crippen LogP contribution in [-0.2, 0) is 0 Å². The Kier molecular flexibility index (Phi) is 6.41. The van der Waals surface area contributed by atoms with E-state index in [-0.39, 0.29) is 0 Å². The average Bonchev–Trinajstić information content (AvgIpc) is 2.61. The Balaban J connectivity index is 2.73. The fourth-order valence-corrected chi connectivity index (χ4v) is 3.30. The summed E-state index contributed by atoms with van der Waals surface area (Å²) in [6.07, 6.45) is 0. The van der Waals surface area contributed by atoms with Gasteiger partial charge in [0.1, 0.15) is 0 Å². The van der Waals surface area contributed by atoms with Gasteiger partial charge in [0.2, 0.25) is 0 Å². The van der Waals surface area contributed by atoms with E-state index < -0.39 is 0 Å². The summed E-state index contributed by atoms with van der Waals surface area (Å²) in [5, 5.41) is 0. The van der Waals surface area contributed by atoms with Crippen LogP contribution >= 0.6 is 0 Å². The normalized spacial score (nSPS) is 10.6. The molecule has 0 fully saturated rings. The molecule has 0 aliphatic carbocycles. The average molecular weight is 355 g/mol. The minimum absolute atomic E-state index is 1.01. The zero-order chi connectivity index (χ0) is 19.4. The zero-order valence-electron chi connectivity index (χ0n) is 17.7. The maximum Gasteiger partial charge on any atom is 0.0482 e. The molecule has 0 aliphatic rings. The quantitative estimate of drug-likeness (QED) is 0.731. The van der Waals surface area contributed by atoms with Crippen LogP contribution in [0.25, 0.3) is 11.1 Å². The standard InChI is InChI=1S/C22H34N4/c1-9-26(10-2)18-13-11-12-17(14-18)22-20(24(5)6)15-19(23(3)4)16-21(22)25(7)8/h11-16H,9-10H2,1-8H3. The molecule has 0 saturated heterocycles. The summed E-state index contributed by atoms with van der Waals surface area (Å²) in [5.74, 6) is 0. The van der Waals surface area contributed by atoms with Crippen molar-refractivity contribution < 1.29 is 0 Å². The van der Waals surface area contributed by atoms with Crippen LogP contribution < -0.4 is 19.6 Å². The van der Waals surface area contributed by atoms with E-state index in [1.54, 1.807) is 0 Å². The molecule has 2 aromatic carbocycles. The molecule has 0 aromatic heterocycles. The highest BCUT2D eigenvalue weighted by Crippen LogP contribution is 2.42. The Labute approximate surface area is 159 Å². The van der Waals surface area contributed by atoms with Gasteiger partial charge in [0.05, 0.1) is 0 Å². The molecule has 0 aliphatic heterocycles. The van der Waals surface area contributed by atoms with Crippen LogP contribution in [-0.4, -0.2) is 55.4 Å². The molecule has 0 radical (unpaired) electrons. The molecule has 26 heavy (non-hydrogen) atoms. The van der Waals surface area contributed by atoms with Crippen LogP contribution in [0.4, 0.5) is 22.7 Å². The molecule has 0 unspecified atom stereocenters. The van der Waals surface area contributed by atoms with E-state index >= 15 is 0 Å². The number of anilines is 4. The van der Waals surface area contributed by atoms with Crippen LogP contribution in [0, 0.1) is 0 Å². The first-order valence-electron chi connectivity index (χ1n) is 9.35. The summed E-state index contributed by atoms with van der Waals surface area (Å²) < 4.78 is 0. The summed E-state index contributed by atoms with van der Waals surface area (Å²) >= 11 is 0. The summed E-state index contributed by atoms with van der Waals surface area (Å²) in [5.41, 5.74) is 7.49. The Morgan fingerprint density at radius 3 is 1.62 bits per heavy atom. The SMILES string of the molecule is CCN(CC)c1cccc(-c2c(N(C)C)cc(N(C)C)cc2N(C)C)c1. The van der Waals surface area contributed by atoms with E-state index in [1.807, 2.05) is 0 Å². The van der Waals surface area contributed by atoms with Gasteiger partial charge in [0, 0.05) is 83.7 Å². The van der Waals surface area contributed by atoms with E-state index in [0.29, 0.717) is 0 Å². The van der Waals surface area contributed by atoms with Crippen LogP contribution in [0.1, 0.15) is 13.8 Å². The molecule has 0 bridgehead atoms. The fraction of sp³-hybridized carbons (Fsp3) is 0.455. The lowest BCUT2D eigenvalue weighted by atomic mass is 9.98. The third-order valence-electron chi connectivity index (χ3n) is 4.82. The zero-order valence-corrected chi connectivity index (χ0v) is 17.7. The minimum atomic E-state index is 1.01. The lowest BCUT2D eigenvalue weighted by molar-refractivity contribution is 0.866. The molecule has 0 heterocycles. The number of benzene rings is 2. The van der Waals surface area contributed by atoms with Crippen molar-refractivity contribution in [3.63, 3.8) is 0 Å². The first-order valence-corrected chi connectivity index (χ1v) is 9.35. The lowest BCUT2D eigenvalue weighted by Crippen LogP contribution is -2.21. The van der Waals surface area contributed by atoms with Crippen molar-refractivity contribution in [2.24, 2.45) is 0 Å². The van der Waals surface area contributed by atoms with Gasteiger partial charge in [-0.1, -0.05) is 12.1 Å². The second-order valence-electron chi connectivity index (χ2n) is 7.26. The largest absolute Gasteiger partial charge is 0.378 e. The Hall–Kier alpha value is -2.36. The van der Waals surface area contributed by atoms with Crippen molar-refractivity contribution in [2.75, 3.05) is 75.0 Å². The highest BCUT2D eigenvalue weighted by Gasteiger charge is 2.17. The monoisotopic (exact) mass is 354 g/mol. The van der Waals surface area contributed by atoms with Gasteiger partial charge in [-0.15, -0.1) is 0 Å². The van der Waals surface area contributed by atoms with Gasteiger partial charge in [0.15, 0.2) is 0 Å². The van der Waals surface area contributed by atoms with Gasteiger partial charge >= 0.3 is 0 Å². The first kappa shape index (κ1) is 20.0. The van der Waals surface area contributed by atoms with E-state index in [0.717, 1.165) is 13.1 Å². The van der Waals surface area contributed by atoms with Gasteiger partial charge in [-0.05, 0) is 43.7 Å². The lowest BCUT2D eigenvalue weighted by Gasteiger charge is -2.28. The van der Waals surface area contributed by atoms with Crippen molar-refractivity contribution in [3.8, 4) is 11.1 Å². The molecule has 0 amide bonds. The highest BCUT2D eigenvalue weighted by atomic mass is 15.1. The highest BCUT2D eigenvalue weighted by molar-refractivity contribution is 5.93. The molecule has 0 atom stereocenters. The number of nitrogens with zero attached hydrogens (tertiary/aromatic N) is 4. The van der Waals surface area contributed by atoms with Crippen LogP contribution in [0.2, 0.25) is 0 Å². The Morgan fingerprint density at radius 2 is 1.19 bits per heavy atom. The number of rotatable bonds is 7. The number of hydrogen-bond acceptors (Lipinski definition) is 4. The van der Waals surface area contributed by atoms with E-state index in [2.05, 4.69) is 112 Å². The third kappa shape index (κ3) is 4.06. The maximum atomic E-state index is 2.39. The molecule has 4 heteroatoms. The molecule has 2 rings (SSSR count). The van der Waals surface area contributed by atoms with Gasteiger partial charge < -0.3 is 19.6 Å². The van der Waals surface area contributed by atoms with Gasteiger partial charge in [-0.3, -0.25) is 0 Å². The molecular formula is C22H34N4. The molecule has 2 aromatic rings. The predicted molar refractivity (Wildman–Crippen MR) is 118 cm³/mol. The van der Waals surface area contributed by atoms with Gasteiger partial charge in [-0.2, -0.15) is 0 Å². The number of hydrogen-bond donors (Lipinski definition) is 0. The van der Waals surface area contributed by atoms with Crippen molar-refractivity contribution >= 4 is 22.7 Å². The van der Waals surface area contributed by atoms with E-state index in [1.165, 1.54) is 33.9 Å². The van der Waals surface area contributed by atoms with Crippen molar-refractivity contribution in [2.45, 2.75) is 13.8 Å². The second kappa shape index (κ2) is 8.35. The van der Waals surface area contributed by atoms with E-state index in [9.17, 15) is 0 Å². The van der Waals surface area contributed by atoms with Crippen molar-refractivity contribution in [3.05, 3.63) is 36.4 Å². The summed E-state index contributed by atoms with van der Waals surface area (Å²) in [6.45, 7) is 6.44. The fourth-order valence-electron chi connectivity index (χ4n) is 3.30. The topological polar surface area (TPSA) is 13.0 Å². The van der Waals surface area contributed by atoms with Crippen LogP contribution in [0.5, 0.6) is 0 Å². The minimum Gasteiger partial charge on any atom is -0.378 e. The third-order valence-corrected chi connectivity index (χ3v) is 4.82. The molecule has 4 nitrogen and oxygen atoms in total. The van der Waals surface area contributed by atoms with Crippen molar-refractivity contribution in [1.29, 1.82) is 0 Å². The first-order chi connectivity index (χ1) is 12.3. The second-order valence-corrected chi connectivity index (χ2v) is 7.26. The molecule has 142 valence electrons. The van der Waals surface area contributed by atoms with Crippen LogP contribution in [0.15, 0.2) is 36.4 Å². The molecular weight excluding hydrogens is 320 g/mol. The maximum absolute atomic E-state index is 2.39.